The van der Waals surface area contributed by atoms with E-state index in [1.54, 1.807) is 13.0 Å². The molecule has 1 N–H and O–H groups in total. The monoisotopic (exact) mass is 250 g/mol. The van der Waals surface area contributed by atoms with Crippen molar-refractivity contribution >= 4 is 17.4 Å². The summed E-state index contributed by atoms with van der Waals surface area (Å²) in [7, 11) is 0. The molecule has 0 aliphatic carbocycles. The number of ketones is 1. The summed E-state index contributed by atoms with van der Waals surface area (Å²) in [5.74, 6) is -0.735. The molecule has 1 aliphatic rings. The first-order valence-electron chi connectivity index (χ1n) is 5.85. The van der Waals surface area contributed by atoms with Crippen LogP contribution in [0.15, 0.2) is 18.2 Å². The van der Waals surface area contributed by atoms with Gasteiger partial charge in [-0.3, -0.25) is 9.59 Å². The molecule has 1 aliphatic heterocycles. The maximum absolute atomic E-state index is 13.2. The summed E-state index contributed by atoms with van der Waals surface area (Å²) in [4.78, 5) is 25.0. The van der Waals surface area contributed by atoms with E-state index < -0.39 is 5.82 Å². The lowest BCUT2D eigenvalue weighted by molar-refractivity contribution is -0.122. The molecule has 1 atom stereocenters. The molecular weight excluding hydrogens is 235 g/mol. The van der Waals surface area contributed by atoms with Gasteiger partial charge in [-0.2, -0.15) is 0 Å². The van der Waals surface area contributed by atoms with Crippen LogP contribution >= 0.6 is 0 Å². The van der Waals surface area contributed by atoms with Crippen molar-refractivity contribution in [3.05, 3.63) is 29.6 Å². The fraction of sp³-hybridized carbons (Fsp3) is 0.385. The van der Waals surface area contributed by atoms with Crippen LogP contribution in [0.4, 0.5) is 10.1 Å². The van der Waals surface area contributed by atoms with Crippen molar-refractivity contribution in [1.29, 1.82) is 0 Å². The first-order valence-corrected chi connectivity index (χ1v) is 5.85. The molecule has 4 nitrogen and oxygen atoms in total. The SMILES string of the molecule is CC(=O)c1cc(F)ccc1N1CCNC(=O)C1C. The zero-order valence-electron chi connectivity index (χ0n) is 10.4. The van der Waals surface area contributed by atoms with Gasteiger partial charge in [0.1, 0.15) is 11.9 Å². The van der Waals surface area contributed by atoms with Crippen molar-refractivity contribution in [1.82, 2.24) is 5.32 Å². The Morgan fingerprint density at radius 1 is 1.50 bits per heavy atom. The highest BCUT2D eigenvalue weighted by atomic mass is 19.1. The Bertz CT molecular complexity index is 502. The Morgan fingerprint density at radius 3 is 2.89 bits per heavy atom. The summed E-state index contributed by atoms with van der Waals surface area (Å²) in [5.41, 5.74) is 0.933. The minimum absolute atomic E-state index is 0.0833. The molecule has 0 saturated carbocycles. The van der Waals surface area contributed by atoms with Crippen LogP contribution in [0.25, 0.3) is 0 Å². The highest BCUT2D eigenvalue weighted by molar-refractivity contribution is 6.00. The topological polar surface area (TPSA) is 49.4 Å². The number of nitrogens with one attached hydrogen (secondary N) is 1. The summed E-state index contributed by atoms with van der Waals surface area (Å²) in [6.07, 6.45) is 0. The third kappa shape index (κ3) is 2.20. The van der Waals surface area contributed by atoms with Crippen LogP contribution in [0.1, 0.15) is 24.2 Å². The number of piperazine rings is 1. The number of carbonyl (C=O) groups is 2. The van der Waals surface area contributed by atoms with Gasteiger partial charge in [0.2, 0.25) is 5.91 Å². The van der Waals surface area contributed by atoms with Crippen LogP contribution < -0.4 is 10.2 Å². The van der Waals surface area contributed by atoms with Crippen LogP contribution in [-0.4, -0.2) is 30.8 Å². The van der Waals surface area contributed by atoms with Gasteiger partial charge < -0.3 is 10.2 Å². The Labute approximate surface area is 105 Å². The van der Waals surface area contributed by atoms with Crippen molar-refractivity contribution in [3.8, 4) is 0 Å². The number of hydrogen-bond acceptors (Lipinski definition) is 3. The first-order chi connectivity index (χ1) is 8.50. The van der Waals surface area contributed by atoms with E-state index in [0.717, 1.165) is 0 Å². The normalized spacial score (nSPS) is 19.6. The fourth-order valence-corrected chi connectivity index (χ4v) is 2.15. The molecule has 5 heteroatoms. The van der Waals surface area contributed by atoms with E-state index >= 15 is 0 Å². The number of hydrogen-bond donors (Lipinski definition) is 1. The maximum Gasteiger partial charge on any atom is 0.242 e. The summed E-state index contributed by atoms with van der Waals surface area (Å²) in [5, 5.41) is 2.75. The molecule has 96 valence electrons. The number of carbonyl (C=O) groups excluding carboxylic acids is 2. The van der Waals surface area contributed by atoms with Crippen LogP contribution in [0, 0.1) is 5.82 Å². The lowest BCUT2D eigenvalue weighted by Crippen LogP contribution is -2.54. The third-order valence-corrected chi connectivity index (χ3v) is 3.15. The van der Waals surface area contributed by atoms with Crippen LogP contribution in [0.5, 0.6) is 0 Å². The number of benzene rings is 1. The van der Waals surface area contributed by atoms with Crippen LogP contribution in [0.3, 0.4) is 0 Å². The molecule has 1 aromatic rings. The van der Waals surface area contributed by atoms with E-state index in [4.69, 9.17) is 0 Å². The van der Waals surface area contributed by atoms with Gasteiger partial charge in [0.05, 0.1) is 0 Å². The van der Waals surface area contributed by atoms with Crippen molar-refractivity contribution in [2.75, 3.05) is 18.0 Å². The van der Waals surface area contributed by atoms with E-state index in [0.29, 0.717) is 24.3 Å². The summed E-state index contributed by atoms with van der Waals surface area (Å²) in [6, 6.07) is 3.72. The predicted molar refractivity (Wildman–Crippen MR) is 66.2 cm³/mol. The standard InChI is InChI=1S/C13H15FN2O2/c1-8-13(18)15-5-6-16(8)12-4-3-10(14)7-11(12)9(2)17/h3-4,7-8H,5-6H2,1-2H3,(H,15,18). The van der Waals surface area contributed by atoms with E-state index in [-0.39, 0.29) is 17.7 Å². The van der Waals surface area contributed by atoms with Crippen LogP contribution in [0.2, 0.25) is 0 Å². The third-order valence-electron chi connectivity index (χ3n) is 3.15. The van der Waals surface area contributed by atoms with Gasteiger partial charge in [-0.1, -0.05) is 0 Å². The largest absolute Gasteiger partial charge is 0.357 e. The second kappa shape index (κ2) is 4.76. The molecule has 1 aromatic carbocycles. The zero-order chi connectivity index (χ0) is 13.3. The zero-order valence-corrected chi connectivity index (χ0v) is 10.4. The molecule has 1 amide bonds. The molecule has 1 fully saturated rings. The molecule has 1 heterocycles. The molecule has 2 rings (SSSR count). The van der Waals surface area contributed by atoms with Gasteiger partial charge >= 0.3 is 0 Å². The average Bonchev–Trinajstić information content (AvgIpc) is 2.33. The number of Topliss-reactive ketones (excluding diaryl/α,β-unsaturated/α-hetero) is 1. The highest BCUT2D eigenvalue weighted by Crippen LogP contribution is 2.25. The van der Waals surface area contributed by atoms with Gasteiger partial charge in [0, 0.05) is 24.3 Å². The number of halogens is 1. The van der Waals surface area contributed by atoms with Gasteiger partial charge in [0.25, 0.3) is 0 Å². The summed E-state index contributed by atoms with van der Waals surface area (Å²) < 4.78 is 13.2. The number of nitrogens with zero attached hydrogens (tertiary/aromatic N) is 1. The van der Waals surface area contributed by atoms with Gasteiger partial charge in [-0.25, -0.2) is 4.39 Å². The lowest BCUT2D eigenvalue weighted by Gasteiger charge is -2.35. The van der Waals surface area contributed by atoms with Crippen LogP contribution in [-0.2, 0) is 4.79 Å². The number of anilines is 1. The maximum atomic E-state index is 13.2. The Morgan fingerprint density at radius 2 is 2.22 bits per heavy atom. The highest BCUT2D eigenvalue weighted by Gasteiger charge is 2.27. The second-order valence-electron chi connectivity index (χ2n) is 4.38. The van der Waals surface area contributed by atoms with Crippen molar-refractivity contribution in [3.63, 3.8) is 0 Å². The molecule has 0 bridgehead atoms. The predicted octanol–water partition coefficient (Wildman–Crippen LogP) is 1.35. The number of amides is 1. The lowest BCUT2D eigenvalue weighted by atomic mass is 10.1. The Kier molecular flexibility index (Phi) is 3.32. The van der Waals surface area contributed by atoms with Crippen molar-refractivity contribution in [2.24, 2.45) is 0 Å². The molecule has 1 unspecified atom stereocenters. The number of rotatable bonds is 2. The fourth-order valence-electron chi connectivity index (χ4n) is 2.15. The van der Waals surface area contributed by atoms with E-state index in [1.807, 2.05) is 4.90 Å². The smallest absolute Gasteiger partial charge is 0.242 e. The minimum Gasteiger partial charge on any atom is -0.357 e. The summed E-state index contributed by atoms with van der Waals surface area (Å²) >= 11 is 0. The average molecular weight is 250 g/mol. The Balaban J connectivity index is 2.43. The summed E-state index contributed by atoms with van der Waals surface area (Å²) in [6.45, 7) is 4.30. The molecule has 0 spiro atoms. The van der Waals surface area contributed by atoms with Gasteiger partial charge in [-0.15, -0.1) is 0 Å². The molecular formula is C13H15FN2O2. The molecule has 1 saturated heterocycles. The van der Waals surface area contributed by atoms with E-state index in [1.165, 1.54) is 19.1 Å². The van der Waals surface area contributed by atoms with Crippen molar-refractivity contribution < 1.29 is 14.0 Å². The Hall–Kier alpha value is -1.91. The quantitative estimate of drug-likeness (QED) is 0.806. The van der Waals surface area contributed by atoms with E-state index in [2.05, 4.69) is 5.32 Å². The minimum atomic E-state index is -0.446. The van der Waals surface area contributed by atoms with Gasteiger partial charge in [0.15, 0.2) is 5.78 Å². The van der Waals surface area contributed by atoms with Crippen molar-refractivity contribution in [2.45, 2.75) is 19.9 Å². The molecule has 0 aromatic heterocycles. The first kappa shape index (κ1) is 12.5. The van der Waals surface area contributed by atoms with E-state index in [9.17, 15) is 14.0 Å². The second-order valence-corrected chi connectivity index (χ2v) is 4.38. The van der Waals surface area contributed by atoms with Gasteiger partial charge in [-0.05, 0) is 32.0 Å². The molecule has 18 heavy (non-hydrogen) atoms. The molecule has 0 radical (unpaired) electrons.